The second kappa shape index (κ2) is 14.0. The number of H-pyrrole nitrogens is 1. The van der Waals surface area contributed by atoms with Crippen LogP contribution < -0.4 is 16.2 Å². The van der Waals surface area contributed by atoms with Gasteiger partial charge in [-0.3, -0.25) is 24.0 Å². The molecule has 2 aromatic carbocycles. The second-order valence-electron chi connectivity index (χ2n) is 11.1. The summed E-state index contributed by atoms with van der Waals surface area (Å²) in [5, 5.41) is 5.41. The van der Waals surface area contributed by atoms with Gasteiger partial charge in [0, 0.05) is 56.8 Å². The van der Waals surface area contributed by atoms with Crippen LogP contribution in [-0.2, 0) is 35.6 Å². The van der Waals surface area contributed by atoms with Gasteiger partial charge in [0.05, 0.1) is 10.9 Å². The predicted octanol–water partition coefficient (Wildman–Crippen LogP) is 1.09. The molecular formula is C32H35N5O7S. The van der Waals surface area contributed by atoms with Crippen molar-refractivity contribution < 1.29 is 27.6 Å². The van der Waals surface area contributed by atoms with Gasteiger partial charge < -0.3 is 20.5 Å². The van der Waals surface area contributed by atoms with Crippen LogP contribution in [0.2, 0.25) is 0 Å². The van der Waals surface area contributed by atoms with E-state index >= 15 is 0 Å². The van der Waals surface area contributed by atoms with E-state index in [9.17, 15) is 32.4 Å². The number of carbonyl (C=O) groups excluding carboxylic acids is 4. The number of nitrogens with zero attached hydrogens (tertiary/aromatic N) is 2. The lowest BCUT2D eigenvalue weighted by Gasteiger charge is -2.34. The summed E-state index contributed by atoms with van der Waals surface area (Å²) in [5.74, 6) is -2.86. The third kappa shape index (κ3) is 7.73. The van der Waals surface area contributed by atoms with E-state index in [1.165, 1.54) is 27.4 Å². The van der Waals surface area contributed by atoms with Crippen molar-refractivity contribution in [3.63, 3.8) is 0 Å². The Balaban J connectivity index is 1.22. The third-order valence-electron chi connectivity index (χ3n) is 8.10. The largest absolute Gasteiger partial charge is 0.356 e. The van der Waals surface area contributed by atoms with E-state index < -0.39 is 39.6 Å². The summed E-state index contributed by atoms with van der Waals surface area (Å²) < 4.78 is 27.2. The highest BCUT2D eigenvalue weighted by molar-refractivity contribution is 7.89. The summed E-state index contributed by atoms with van der Waals surface area (Å²) in [6.45, 7) is 0.532. The Bertz CT molecular complexity index is 1730. The molecule has 3 heterocycles. The van der Waals surface area contributed by atoms with Crippen LogP contribution in [0.1, 0.15) is 24.8 Å². The lowest BCUT2D eigenvalue weighted by molar-refractivity contribution is -0.147. The minimum Gasteiger partial charge on any atom is -0.356 e. The third-order valence-corrected chi connectivity index (χ3v) is 10.0. The van der Waals surface area contributed by atoms with E-state index in [-0.39, 0.29) is 55.4 Å². The van der Waals surface area contributed by atoms with E-state index in [0.29, 0.717) is 25.1 Å². The molecule has 12 nitrogen and oxygen atoms in total. The molecule has 0 spiro atoms. The number of carbonyl (C=O) groups is 4. The Morgan fingerprint density at radius 1 is 0.911 bits per heavy atom. The molecule has 3 aromatic rings. The zero-order valence-electron chi connectivity index (χ0n) is 24.6. The Labute approximate surface area is 260 Å². The number of hydrogen-bond acceptors (Lipinski definition) is 7. The lowest BCUT2D eigenvalue weighted by atomic mass is 9.94. The van der Waals surface area contributed by atoms with E-state index in [2.05, 4.69) is 15.6 Å². The number of sulfonamides is 1. The van der Waals surface area contributed by atoms with E-state index in [1.54, 1.807) is 30.3 Å². The molecule has 2 fully saturated rings. The van der Waals surface area contributed by atoms with Crippen LogP contribution in [0.5, 0.6) is 0 Å². The summed E-state index contributed by atoms with van der Waals surface area (Å²) in [5.41, 5.74) is 2.04. The van der Waals surface area contributed by atoms with Crippen molar-refractivity contribution in [1.29, 1.82) is 0 Å². The first kappa shape index (κ1) is 31.8. The van der Waals surface area contributed by atoms with Crippen LogP contribution in [-0.4, -0.2) is 84.9 Å². The normalized spacial score (nSPS) is 17.8. The first-order valence-corrected chi connectivity index (χ1v) is 16.3. The Hall–Kier alpha value is -4.62. The van der Waals surface area contributed by atoms with Gasteiger partial charge in [0.25, 0.3) is 5.91 Å². The minimum absolute atomic E-state index is 0.0125. The number of benzene rings is 2. The zero-order chi connectivity index (χ0) is 32.0. The molecular weight excluding hydrogens is 598 g/mol. The molecule has 2 atom stereocenters. The Morgan fingerprint density at radius 2 is 1.64 bits per heavy atom. The number of aryl methyl sites for hydroxylation is 1. The van der Waals surface area contributed by atoms with Crippen molar-refractivity contribution in [3.8, 4) is 11.3 Å². The van der Waals surface area contributed by atoms with Crippen LogP contribution in [0.15, 0.2) is 82.5 Å². The van der Waals surface area contributed by atoms with Crippen molar-refractivity contribution in [1.82, 2.24) is 24.8 Å². The molecule has 3 N–H and O–H groups in total. The summed E-state index contributed by atoms with van der Waals surface area (Å²) in [6.07, 6.45) is 0.839. The quantitative estimate of drug-likeness (QED) is 0.266. The van der Waals surface area contributed by atoms with Gasteiger partial charge in [-0.15, -0.1) is 0 Å². The standard InChI is InChI=1S/C32H35N5O7S/c38-28-11-5-10-26(34-28)23-7-4-6-22(20-23)12-13-29(39)35-27(21-24-14-15-33-31(24)41)30(40)32(42)36-16-18-37(19-17-36)45(43,44)25-8-2-1-3-9-25/h1-11,20,24,27H,12-19,21H2,(H,33,41)(H,34,38)(H,35,39)/t24-,27-/m0/s1. The van der Waals surface area contributed by atoms with Crippen molar-refractivity contribution >= 4 is 33.5 Å². The van der Waals surface area contributed by atoms with Crippen LogP contribution in [0.4, 0.5) is 0 Å². The van der Waals surface area contributed by atoms with Gasteiger partial charge in [0.2, 0.25) is 33.2 Å². The van der Waals surface area contributed by atoms with Crippen molar-refractivity contribution in [2.45, 2.75) is 36.6 Å². The number of hydrogen-bond donors (Lipinski definition) is 3. The van der Waals surface area contributed by atoms with Gasteiger partial charge in [-0.1, -0.05) is 42.5 Å². The zero-order valence-corrected chi connectivity index (χ0v) is 25.4. The number of piperazine rings is 1. The molecule has 5 rings (SSSR count). The van der Waals surface area contributed by atoms with E-state index in [0.717, 1.165) is 11.1 Å². The monoisotopic (exact) mass is 633 g/mol. The van der Waals surface area contributed by atoms with Crippen LogP contribution in [0, 0.1) is 5.92 Å². The smallest absolute Gasteiger partial charge is 0.292 e. The van der Waals surface area contributed by atoms with Gasteiger partial charge in [-0.2, -0.15) is 4.31 Å². The topological polar surface area (TPSA) is 166 Å². The maximum Gasteiger partial charge on any atom is 0.292 e. The van der Waals surface area contributed by atoms with Gasteiger partial charge in [-0.05, 0) is 54.7 Å². The maximum absolute atomic E-state index is 13.5. The lowest BCUT2D eigenvalue weighted by Crippen LogP contribution is -2.55. The molecule has 0 radical (unpaired) electrons. The summed E-state index contributed by atoms with van der Waals surface area (Å²) in [6, 6.07) is 19.0. The highest BCUT2D eigenvalue weighted by atomic mass is 32.2. The second-order valence-corrected chi connectivity index (χ2v) is 13.1. The first-order chi connectivity index (χ1) is 21.6. The maximum atomic E-state index is 13.5. The number of aromatic amines is 1. The molecule has 0 saturated carbocycles. The van der Waals surface area contributed by atoms with Gasteiger partial charge >= 0.3 is 0 Å². The molecule has 0 bridgehead atoms. The number of amides is 3. The molecule has 0 aliphatic carbocycles. The molecule has 2 aliphatic rings. The first-order valence-electron chi connectivity index (χ1n) is 14.9. The van der Waals surface area contributed by atoms with Crippen molar-refractivity contribution in [2.75, 3.05) is 32.7 Å². The molecule has 1 aromatic heterocycles. The van der Waals surface area contributed by atoms with Gasteiger partial charge in [0.1, 0.15) is 0 Å². The molecule has 236 valence electrons. The molecule has 3 amide bonds. The number of nitrogens with one attached hydrogen (secondary N) is 3. The summed E-state index contributed by atoms with van der Waals surface area (Å²) in [4.78, 5) is 68.1. The fourth-order valence-corrected chi connectivity index (χ4v) is 7.04. The fraction of sp³-hybridized carbons (Fsp3) is 0.344. The molecule has 2 aliphatic heterocycles. The SMILES string of the molecule is O=C(CCc1cccc(-c2cccc(=O)[nH]2)c1)N[C@@H](C[C@@H]1CCNC1=O)C(=O)C(=O)N1CCN(S(=O)(=O)c2ccccc2)CC1. The average molecular weight is 634 g/mol. The minimum atomic E-state index is -3.74. The Kier molecular flexibility index (Phi) is 9.89. The summed E-state index contributed by atoms with van der Waals surface area (Å²) >= 11 is 0. The van der Waals surface area contributed by atoms with Crippen LogP contribution in [0.3, 0.4) is 0 Å². The van der Waals surface area contributed by atoms with Crippen molar-refractivity contribution in [2.24, 2.45) is 5.92 Å². The predicted molar refractivity (Wildman–Crippen MR) is 165 cm³/mol. The number of ketones is 1. The Morgan fingerprint density at radius 3 is 2.33 bits per heavy atom. The van der Waals surface area contributed by atoms with Gasteiger partial charge in [0.15, 0.2) is 0 Å². The number of Topliss-reactive ketones (excluding diaryl/α,β-unsaturated/α-hetero) is 1. The van der Waals surface area contributed by atoms with Crippen LogP contribution >= 0.6 is 0 Å². The number of aromatic nitrogens is 1. The molecule has 13 heteroatoms. The molecule has 0 unspecified atom stereocenters. The van der Waals surface area contributed by atoms with Gasteiger partial charge in [-0.25, -0.2) is 8.42 Å². The highest BCUT2D eigenvalue weighted by Gasteiger charge is 2.37. The van der Waals surface area contributed by atoms with Crippen molar-refractivity contribution in [3.05, 3.63) is 88.7 Å². The number of pyridine rings is 1. The fourth-order valence-electron chi connectivity index (χ4n) is 5.60. The summed E-state index contributed by atoms with van der Waals surface area (Å²) in [7, 11) is -3.74. The average Bonchev–Trinajstić information content (AvgIpc) is 3.47. The number of rotatable bonds is 11. The van der Waals surface area contributed by atoms with E-state index in [1.807, 2.05) is 24.3 Å². The highest BCUT2D eigenvalue weighted by Crippen LogP contribution is 2.21. The van der Waals surface area contributed by atoms with Crippen LogP contribution in [0.25, 0.3) is 11.3 Å². The van der Waals surface area contributed by atoms with E-state index in [4.69, 9.17) is 0 Å². The molecule has 45 heavy (non-hydrogen) atoms. The molecule has 2 saturated heterocycles.